The lowest BCUT2D eigenvalue weighted by molar-refractivity contribution is 0.143. The zero-order valence-electron chi connectivity index (χ0n) is 12.2. The third kappa shape index (κ3) is 3.72. The van der Waals surface area contributed by atoms with Crippen molar-refractivity contribution in [2.45, 2.75) is 39.2 Å². The molecule has 1 aromatic rings. The molecule has 0 spiro atoms. The highest BCUT2D eigenvalue weighted by Gasteiger charge is 2.32. The van der Waals surface area contributed by atoms with Crippen LogP contribution in [0.25, 0.3) is 0 Å². The van der Waals surface area contributed by atoms with E-state index in [2.05, 4.69) is 10.5 Å². The summed E-state index contributed by atoms with van der Waals surface area (Å²) in [6.07, 6.45) is 2.76. The molecule has 2 amide bonds. The largest absolute Gasteiger partial charge is 0.382 e. The second-order valence-corrected chi connectivity index (χ2v) is 5.00. The molecule has 2 rings (SSSR count). The number of rotatable bonds is 6. The van der Waals surface area contributed by atoms with Gasteiger partial charge >= 0.3 is 6.03 Å². The van der Waals surface area contributed by atoms with Crippen LogP contribution in [0.2, 0.25) is 0 Å². The molecule has 1 atom stereocenters. The highest BCUT2D eigenvalue weighted by atomic mass is 16.5. The highest BCUT2D eigenvalue weighted by Crippen LogP contribution is 2.32. The van der Waals surface area contributed by atoms with Crippen molar-refractivity contribution in [3.05, 3.63) is 17.5 Å². The van der Waals surface area contributed by atoms with E-state index in [4.69, 9.17) is 9.26 Å². The molecule has 1 N–H and O–H groups in total. The fraction of sp³-hybridized carbons (Fsp3) is 0.714. The van der Waals surface area contributed by atoms with Crippen LogP contribution in [0.5, 0.6) is 0 Å². The number of aryl methyl sites for hydroxylation is 1. The van der Waals surface area contributed by atoms with Crippen molar-refractivity contribution < 1.29 is 14.1 Å². The first-order valence-electron chi connectivity index (χ1n) is 7.27. The number of likely N-dealkylation sites (tertiary alicyclic amines) is 1. The van der Waals surface area contributed by atoms with E-state index < -0.39 is 0 Å². The molecular weight excluding hydrogens is 258 g/mol. The Morgan fingerprint density at radius 2 is 2.50 bits per heavy atom. The van der Waals surface area contributed by atoms with Crippen LogP contribution in [0.15, 0.2) is 10.6 Å². The van der Waals surface area contributed by atoms with Gasteiger partial charge in [0.15, 0.2) is 5.76 Å². The SMILES string of the molecule is CCOCCCNC(=O)N1CCC[C@H]1c1cc(C)no1. The van der Waals surface area contributed by atoms with Crippen molar-refractivity contribution in [1.29, 1.82) is 0 Å². The summed E-state index contributed by atoms with van der Waals surface area (Å²) in [6, 6.07) is 1.90. The Bertz CT molecular complexity index is 433. The molecule has 0 unspecified atom stereocenters. The zero-order valence-corrected chi connectivity index (χ0v) is 12.2. The first-order valence-corrected chi connectivity index (χ1v) is 7.27. The van der Waals surface area contributed by atoms with Gasteiger partial charge < -0.3 is 19.5 Å². The van der Waals surface area contributed by atoms with Crippen LogP contribution in [0.3, 0.4) is 0 Å². The van der Waals surface area contributed by atoms with Gasteiger partial charge in [0.05, 0.1) is 11.7 Å². The van der Waals surface area contributed by atoms with Crippen molar-refractivity contribution >= 4 is 6.03 Å². The molecule has 6 heteroatoms. The summed E-state index contributed by atoms with van der Waals surface area (Å²) in [7, 11) is 0. The Labute approximate surface area is 119 Å². The lowest BCUT2D eigenvalue weighted by atomic mass is 10.1. The smallest absolute Gasteiger partial charge is 0.318 e. The van der Waals surface area contributed by atoms with Crippen molar-refractivity contribution in [2.75, 3.05) is 26.3 Å². The van der Waals surface area contributed by atoms with Crippen molar-refractivity contribution in [1.82, 2.24) is 15.4 Å². The number of ether oxygens (including phenoxy) is 1. The van der Waals surface area contributed by atoms with Gasteiger partial charge in [0.1, 0.15) is 0 Å². The Balaban J connectivity index is 1.82. The maximum absolute atomic E-state index is 12.2. The van der Waals surface area contributed by atoms with Gasteiger partial charge in [-0.3, -0.25) is 0 Å². The second kappa shape index (κ2) is 7.28. The lowest BCUT2D eigenvalue weighted by Crippen LogP contribution is -2.40. The average Bonchev–Trinajstić information content (AvgIpc) is 3.06. The first kappa shape index (κ1) is 14.8. The second-order valence-electron chi connectivity index (χ2n) is 5.00. The zero-order chi connectivity index (χ0) is 14.4. The van der Waals surface area contributed by atoms with Gasteiger partial charge in [0, 0.05) is 32.4 Å². The molecule has 6 nitrogen and oxygen atoms in total. The predicted octanol–water partition coefficient (Wildman–Crippen LogP) is 2.26. The monoisotopic (exact) mass is 281 g/mol. The number of hydrogen-bond acceptors (Lipinski definition) is 4. The fourth-order valence-corrected chi connectivity index (χ4v) is 2.46. The van der Waals surface area contributed by atoms with Gasteiger partial charge in [0.2, 0.25) is 0 Å². The summed E-state index contributed by atoms with van der Waals surface area (Å²) in [5.74, 6) is 0.782. The first-order chi connectivity index (χ1) is 9.72. The summed E-state index contributed by atoms with van der Waals surface area (Å²) in [5.41, 5.74) is 0.851. The molecule has 1 fully saturated rings. The summed E-state index contributed by atoms with van der Waals surface area (Å²) in [5, 5.41) is 6.84. The quantitative estimate of drug-likeness (QED) is 0.812. The van der Waals surface area contributed by atoms with E-state index in [1.165, 1.54) is 0 Å². The normalized spacial score (nSPS) is 18.5. The molecule has 112 valence electrons. The predicted molar refractivity (Wildman–Crippen MR) is 74.4 cm³/mol. The number of amides is 2. The van der Waals surface area contributed by atoms with Crippen LogP contribution >= 0.6 is 0 Å². The number of nitrogens with one attached hydrogen (secondary N) is 1. The Kier molecular flexibility index (Phi) is 5.40. The van der Waals surface area contributed by atoms with E-state index in [1.807, 2.05) is 24.8 Å². The number of hydrogen-bond donors (Lipinski definition) is 1. The fourth-order valence-electron chi connectivity index (χ4n) is 2.46. The number of carbonyl (C=O) groups is 1. The lowest BCUT2D eigenvalue weighted by Gasteiger charge is -2.23. The molecular formula is C14H23N3O3. The minimum absolute atomic E-state index is 0.0168. The Hall–Kier alpha value is -1.56. The highest BCUT2D eigenvalue weighted by molar-refractivity contribution is 5.74. The van der Waals surface area contributed by atoms with Gasteiger partial charge in [-0.2, -0.15) is 0 Å². The number of urea groups is 1. The third-order valence-corrected chi connectivity index (χ3v) is 3.43. The maximum atomic E-state index is 12.2. The van der Waals surface area contributed by atoms with E-state index >= 15 is 0 Å². The van der Waals surface area contributed by atoms with Gasteiger partial charge in [-0.1, -0.05) is 5.16 Å². The van der Waals surface area contributed by atoms with Gasteiger partial charge in [0.25, 0.3) is 0 Å². The molecule has 0 radical (unpaired) electrons. The average molecular weight is 281 g/mol. The van der Waals surface area contributed by atoms with E-state index in [0.717, 1.165) is 37.3 Å². The summed E-state index contributed by atoms with van der Waals surface area (Å²) < 4.78 is 10.5. The third-order valence-electron chi connectivity index (χ3n) is 3.43. The molecule has 20 heavy (non-hydrogen) atoms. The number of aromatic nitrogens is 1. The van der Waals surface area contributed by atoms with Crippen LogP contribution in [0, 0.1) is 6.92 Å². The van der Waals surface area contributed by atoms with E-state index in [0.29, 0.717) is 19.8 Å². The molecule has 0 aliphatic carbocycles. The molecule has 2 heterocycles. The van der Waals surface area contributed by atoms with Crippen molar-refractivity contribution in [3.63, 3.8) is 0 Å². The minimum Gasteiger partial charge on any atom is -0.382 e. The van der Waals surface area contributed by atoms with Crippen LogP contribution < -0.4 is 5.32 Å². The molecule has 0 saturated carbocycles. The number of nitrogens with zero attached hydrogens (tertiary/aromatic N) is 2. The van der Waals surface area contributed by atoms with Crippen molar-refractivity contribution in [3.8, 4) is 0 Å². The molecule has 1 aliphatic rings. The summed E-state index contributed by atoms with van der Waals surface area (Å²) in [4.78, 5) is 14.0. The van der Waals surface area contributed by atoms with E-state index in [1.54, 1.807) is 0 Å². The van der Waals surface area contributed by atoms with Crippen LogP contribution in [0.4, 0.5) is 4.79 Å². The summed E-state index contributed by atoms with van der Waals surface area (Å²) >= 11 is 0. The maximum Gasteiger partial charge on any atom is 0.318 e. The topological polar surface area (TPSA) is 67.6 Å². The molecule has 1 saturated heterocycles. The summed E-state index contributed by atoms with van der Waals surface area (Å²) in [6.45, 7) is 6.65. The molecule has 0 aromatic carbocycles. The van der Waals surface area contributed by atoms with Gasteiger partial charge in [-0.05, 0) is 33.1 Å². The van der Waals surface area contributed by atoms with E-state index in [-0.39, 0.29) is 12.1 Å². The molecule has 1 aliphatic heterocycles. The van der Waals surface area contributed by atoms with Crippen molar-refractivity contribution in [2.24, 2.45) is 0 Å². The van der Waals surface area contributed by atoms with Crippen LogP contribution in [-0.4, -0.2) is 42.4 Å². The Morgan fingerprint density at radius 3 is 3.20 bits per heavy atom. The van der Waals surface area contributed by atoms with Crippen LogP contribution in [0.1, 0.15) is 43.7 Å². The minimum atomic E-state index is -0.0296. The van der Waals surface area contributed by atoms with Gasteiger partial charge in [-0.25, -0.2) is 4.79 Å². The number of carbonyl (C=O) groups excluding carboxylic acids is 1. The Morgan fingerprint density at radius 1 is 1.65 bits per heavy atom. The van der Waals surface area contributed by atoms with E-state index in [9.17, 15) is 4.79 Å². The molecule has 0 bridgehead atoms. The molecule has 1 aromatic heterocycles. The van der Waals surface area contributed by atoms with Gasteiger partial charge in [-0.15, -0.1) is 0 Å². The standard InChI is InChI=1S/C14H23N3O3/c1-3-19-9-5-7-15-14(18)17-8-4-6-12(17)13-10-11(2)16-20-13/h10,12H,3-9H2,1-2H3,(H,15,18)/t12-/m0/s1. The van der Waals surface area contributed by atoms with Crippen LogP contribution in [-0.2, 0) is 4.74 Å².